The van der Waals surface area contributed by atoms with Crippen molar-refractivity contribution in [2.45, 2.75) is 45.3 Å². The third kappa shape index (κ3) is 4.23. The van der Waals surface area contributed by atoms with Gasteiger partial charge in [-0.05, 0) is 33.6 Å². The zero-order chi connectivity index (χ0) is 20.6. The highest BCUT2D eigenvalue weighted by molar-refractivity contribution is 5.88. The number of nitrogens with one attached hydrogen (secondary N) is 2. The van der Waals surface area contributed by atoms with Crippen LogP contribution in [-0.2, 0) is 11.8 Å². The Bertz CT molecular complexity index is 924. The van der Waals surface area contributed by atoms with Crippen molar-refractivity contribution in [3.05, 3.63) is 16.6 Å². The normalized spacial score (nSPS) is 17.6. The van der Waals surface area contributed by atoms with Crippen molar-refractivity contribution >= 4 is 28.8 Å². The molecule has 28 heavy (non-hydrogen) atoms. The number of carbonyl (C=O) groups is 1. The molecule has 1 amide bonds. The summed E-state index contributed by atoms with van der Waals surface area (Å²) in [6.07, 6.45) is 1.41. The first-order valence-electron chi connectivity index (χ1n) is 9.56. The van der Waals surface area contributed by atoms with Gasteiger partial charge in [-0.2, -0.15) is 0 Å². The van der Waals surface area contributed by atoms with Crippen LogP contribution in [0.15, 0.2) is 10.9 Å². The number of pyridine rings is 1. The Morgan fingerprint density at radius 1 is 1.39 bits per heavy atom. The van der Waals surface area contributed by atoms with Crippen LogP contribution < -0.4 is 20.8 Å². The van der Waals surface area contributed by atoms with Crippen molar-refractivity contribution in [3.8, 4) is 0 Å². The summed E-state index contributed by atoms with van der Waals surface area (Å²) in [5, 5.41) is 2.97. The fraction of sp³-hybridized carbons (Fsp3) is 0.632. The minimum Gasteiger partial charge on any atom is -0.444 e. The molecule has 1 aliphatic rings. The molecule has 2 N–H and O–H groups in total. The first kappa shape index (κ1) is 20.0. The molecule has 1 saturated heterocycles. The summed E-state index contributed by atoms with van der Waals surface area (Å²) < 4.78 is 6.91. The van der Waals surface area contributed by atoms with Gasteiger partial charge in [0.05, 0.1) is 5.69 Å². The number of aryl methyl sites for hydroxylation is 1. The van der Waals surface area contributed by atoms with E-state index in [1.807, 2.05) is 45.8 Å². The summed E-state index contributed by atoms with van der Waals surface area (Å²) in [6.45, 7) is 7.03. The van der Waals surface area contributed by atoms with E-state index in [9.17, 15) is 9.59 Å². The van der Waals surface area contributed by atoms with Crippen molar-refractivity contribution in [1.29, 1.82) is 0 Å². The summed E-state index contributed by atoms with van der Waals surface area (Å²) in [5.74, 6) is 0.777. The predicted octanol–water partition coefficient (Wildman–Crippen LogP) is 1.82. The highest BCUT2D eigenvalue weighted by atomic mass is 16.6. The molecule has 0 saturated carbocycles. The molecule has 0 aliphatic carbocycles. The van der Waals surface area contributed by atoms with Gasteiger partial charge in [-0.1, -0.05) is 0 Å². The van der Waals surface area contributed by atoms with Gasteiger partial charge < -0.3 is 24.8 Å². The minimum atomic E-state index is -0.528. The fourth-order valence-electron chi connectivity index (χ4n) is 3.42. The molecule has 0 radical (unpaired) electrons. The number of alkyl carbamates (subject to hydrolysis) is 1. The number of amides is 1. The van der Waals surface area contributed by atoms with Crippen molar-refractivity contribution in [2.24, 2.45) is 7.05 Å². The Morgan fingerprint density at radius 3 is 2.75 bits per heavy atom. The number of hydrogen-bond donors (Lipinski definition) is 2. The summed E-state index contributed by atoms with van der Waals surface area (Å²) in [7, 11) is 5.55. The number of carbonyl (C=O) groups excluding carboxylic acids is 1. The number of piperidine rings is 1. The molecule has 0 aromatic carbocycles. The van der Waals surface area contributed by atoms with E-state index >= 15 is 0 Å². The Kier molecular flexibility index (Phi) is 5.27. The van der Waals surface area contributed by atoms with Crippen LogP contribution in [0.1, 0.15) is 33.6 Å². The fourth-order valence-corrected chi connectivity index (χ4v) is 3.42. The Labute approximate surface area is 164 Å². The standard InChI is InChI=1S/C19H30N6O3/c1-19(2,3)28-18(27)20-12-8-7-9-25(11-12)13-10-14(23(4)5)21-16-15(13)22-17(26)24(16)6/h10,12H,7-9,11H2,1-6H3,(H,20,27)(H,22,26)/t12-/m1/s1. The first-order chi connectivity index (χ1) is 13.0. The van der Waals surface area contributed by atoms with Gasteiger partial charge in [0.1, 0.15) is 16.9 Å². The van der Waals surface area contributed by atoms with Gasteiger partial charge in [0, 0.05) is 46.3 Å². The monoisotopic (exact) mass is 390 g/mol. The van der Waals surface area contributed by atoms with Gasteiger partial charge in [-0.3, -0.25) is 4.57 Å². The molecule has 1 aliphatic heterocycles. The lowest BCUT2D eigenvalue weighted by Crippen LogP contribution is -2.49. The van der Waals surface area contributed by atoms with Crippen LogP contribution in [0, 0.1) is 0 Å². The number of imidazole rings is 1. The van der Waals surface area contributed by atoms with Gasteiger partial charge in [0.25, 0.3) is 0 Å². The predicted molar refractivity (Wildman–Crippen MR) is 110 cm³/mol. The van der Waals surface area contributed by atoms with Crippen LogP contribution in [-0.4, -0.2) is 59.5 Å². The van der Waals surface area contributed by atoms with Crippen molar-refractivity contribution in [2.75, 3.05) is 37.0 Å². The van der Waals surface area contributed by atoms with Crippen LogP contribution in [0.2, 0.25) is 0 Å². The van der Waals surface area contributed by atoms with Gasteiger partial charge in [0.2, 0.25) is 0 Å². The van der Waals surface area contributed by atoms with Gasteiger partial charge in [-0.25, -0.2) is 14.6 Å². The zero-order valence-corrected chi connectivity index (χ0v) is 17.5. The van der Waals surface area contributed by atoms with Crippen molar-refractivity contribution < 1.29 is 9.53 Å². The molecule has 9 heteroatoms. The maximum atomic E-state index is 12.2. The lowest BCUT2D eigenvalue weighted by atomic mass is 10.0. The summed E-state index contributed by atoms with van der Waals surface area (Å²) in [6, 6.07) is 1.96. The van der Waals surface area contributed by atoms with E-state index in [1.54, 1.807) is 7.05 Å². The van der Waals surface area contributed by atoms with Crippen LogP contribution in [0.4, 0.5) is 16.3 Å². The van der Waals surface area contributed by atoms with Crippen molar-refractivity contribution in [3.63, 3.8) is 0 Å². The molecule has 1 fully saturated rings. The molecule has 3 rings (SSSR count). The Balaban J connectivity index is 1.88. The number of H-pyrrole nitrogens is 1. The number of ether oxygens (including phenoxy) is 1. The second-order valence-electron chi connectivity index (χ2n) is 8.51. The zero-order valence-electron chi connectivity index (χ0n) is 17.5. The van der Waals surface area contributed by atoms with Crippen LogP contribution in [0.5, 0.6) is 0 Å². The van der Waals surface area contributed by atoms with Gasteiger partial charge in [-0.15, -0.1) is 0 Å². The molecule has 2 aromatic heterocycles. The maximum Gasteiger partial charge on any atom is 0.407 e. The number of aromatic nitrogens is 3. The van der Waals surface area contributed by atoms with Gasteiger partial charge in [0.15, 0.2) is 5.65 Å². The number of hydrogen-bond acceptors (Lipinski definition) is 6. The van der Waals surface area contributed by atoms with Crippen LogP contribution >= 0.6 is 0 Å². The third-order valence-corrected chi connectivity index (χ3v) is 4.76. The SMILES string of the molecule is CN(C)c1cc(N2CCC[C@@H](NC(=O)OC(C)(C)C)C2)c2[nH]c(=O)n(C)c2n1. The van der Waals surface area contributed by atoms with Crippen molar-refractivity contribution in [1.82, 2.24) is 19.9 Å². The number of aromatic amines is 1. The average Bonchev–Trinajstić information content (AvgIpc) is 2.87. The largest absolute Gasteiger partial charge is 0.444 e. The summed E-state index contributed by atoms with van der Waals surface area (Å²) in [4.78, 5) is 35.9. The maximum absolute atomic E-state index is 12.2. The summed E-state index contributed by atoms with van der Waals surface area (Å²) >= 11 is 0. The Morgan fingerprint density at radius 2 is 2.11 bits per heavy atom. The molecule has 1 atom stereocenters. The lowest BCUT2D eigenvalue weighted by molar-refractivity contribution is 0.0500. The minimum absolute atomic E-state index is 0.0231. The number of rotatable bonds is 3. The second-order valence-corrected chi connectivity index (χ2v) is 8.51. The molecule has 0 bridgehead atoms. The molecule has 2 aromatic rings. The van der Waals surface area contributed by atoms with E-state index < -0.39 is 11.7 Å². The van der Waals surface area contributed by atoms with E-state index in [0.29, 0.717) is 12.2 Å². The molecule has 3 heterocycles. The molecule has 9 nitrogen and oxygen atoms in total. The van der Waals surface area contributed by atoms with E-state index in [0.717, 1.165) is 36.4 Å². The number of fused-ring (bicyclic) bond motifs is 1. The lowest BCUT2D eigenvalue weighted by Gasteiger charge is -2.35. The highest BCUT2D eigenvalue weighted by Gasteiger charge is 2.26. The van der Waals surface area contributed by atoms with E-state index in [2.05, 4.69) is 20.2 Å². The van der Waals surface area contributed by atoms with E-state index in [4.69, 9.17) is 4.74 Å². The van der Waals surface area contributed by atoms with Gasteiger partial charge >= 0.3 is 11.8 Å². The third-order valence-electron chi connectivity index (χ3n) is 4.76. The van der Waals surface area contributed by atoms with E-state index in [1.165, 1.54) is 4.57 Å². The number of nitrogens with zero attached hydrogens (tertiary/aromatic N) is 4. The van der Waals surface area contributed by atoms with E-state index in [-0.39, 0.29) is 11.7 Å². The molecular weight excluding hydrogens is 360 g/mol. The second kappa shape index (κ2) is 7.37. The van der Waals surface area contributed by atoms with Crippen LogP contribution in [0.25, 0.3) is 11.2 Å². The topological polar surface area (TPSA) is 95.5 Å². The first-order valence-corrected chi connectivity index (χ1v) is 9.56. The number of anilines is 2. The molecule has 0 unspecified atom stereocenters. The highest BCUT2D eigenvalue weighted by Crippen LogP contribution is 2.29. The van der Waals surface area contributed by atoms with Crippen LogP contribution in [0.3, 0.4) is 0 Å². The summed E-state index contributed by atoms with van der Waals surface area (Å²) in [5.41, 5.74) is 1.53. The Hall–Kier alpha value is -2.71. The average molecular weight is 390 g/mol. The molecule has 0 spiro atoms. The quantitative estimate of drug-likeness (QED) is 0.830. The smallest absolute Gasteiger partial charge is 0.407 e. The molecule has 154 valence electrons. The molecular formula is C19H30N6O3.